The zero-order valence-corrected chi connectivity index (χ0v) is 16.4. The van der Waals surface area contributed by atoms with Gasteiger partial charge in [0.1, 0.15) is 0 Å². The molecule has 0 spiro atoms. The number of rotatable bonds is 2. The minimum absolute atomic E-state index is 0.903. The summed E-state index contributed by atoms with van der Waals surface area (Å²) < 4.78 is 0. The standard InChI is InChI=1S/C24H41N/c1-3-7-17(8-4-1)19-11-13-23-21(15-19)22-16-20(12-14-24(22)25-23)18-9-5-2-6-10-18/h17-25H,1-16H2. The molecular weight excluding hydrogens is 302 g/mol. The average molecular weight is 344 g/mol. The molecule has 1 saturated heterocycles. The lowest BCUT2D eigenvalue weighted by Gasteiger charge is -2.42. The Morgan fingerprint density at radius 3 is 1.28 bits per heavy atom. The molecule has 1 aliphatic heterocycles. The Kier molecular flexibility index (Phi) is 5.15. The van der Waals surface area contributed by atoms with Crippen LogP contribution in [0.2, 0.25) is 0 Å². The molecule has 0 aromatic carbocycles. The maximum absolute atomic E-state index is 4.14. The van der Waals surface area contributed by atoms with Crippen molar-refractivity contribution in [1.82, 2.24) is 5.32 Å². The van der Waals surface area contributed by atoms with Gasteiger partial charge < -0.3 is 5.32 Å². The van der Waals surface area contributed by atoms with Gasteiger partial charge in [-0.25, -0.2) is 0 Å². The highest BCUT2D eigenvalue weighted by Crippen LogP contribution is 2.51. The van der Waals surface area contributed by atoms with Gasteiger partial charge in [-0.05, 0) is 74.0 Å². The van der Waals surface area contributed by atoms with Crippen LogP contribution >= 0.6 is 0 Å². The largest absolute Gasteiger partial charge is 0.311 e. The fraction of sp³-hybridized carbons (Fsp3) is 1.00. The number of fused-ring (bicyclic) bond motifs is 3. The Bertz CT molecular complexity index is 393. The second-order valence-electron chi connectivity index (χ2n) is 10.6. The topological polar surface area (TPSA) is 12.0 Å². The smallest absolute Gasteiger partial charge is 0.0101 e. The SMILES string of the molecule is C1CCC(C2CCC3NC4CCC(C5CCCCC5)CC4C3C2)CC1. The van der Waals surface area contributed by atoms with E-state index in [-0.39, 0.29) is 0 Å². The fourth-order valence-electron chi connectivity index (χ4n) is 8.18. The maximum Gasteiger partial charge on any atom is 0.0101 e. The van der Waals surface area contributed by atoms with Gasteiger partial charge in [0.05, 0.1) is 0 Å². The van der Waals surface area contributed by atoms with Gasteiger partial charge in [-0.3, -0.25) is 0 Å². The molecule has 1 heterocycles. The van der Waals surface area contributed by atoms with Crippen molar-refractivity contribution in [3.63, 3.8) is 0 Å². The summed E-state index contributed by atoms with van der Waals surface area (Å²) in [4.78, 5) is 0. The van der Waals surface area contributed by atoms with Gasteiger partial charge in [0.2, 0.25) is 0 Å². The molecule has 5 aliphatic rings. The first kappa shape index (κ1) is 17.1. The quantitative estimate of drug-likeness (QED) is 0.618. The molecule has 1 nitrogen and oxygen atoms in total. The molecule has 142 valence electrons. The zero-order chi connectivity index (χ0) is 16.6. The number of hydrogen-bond donors (Lipinski definition) is 1. The van der Waals surface area contributed by atoms with Crippen LogP contribution in [0.5, 0.6) is 0 Å². The summed E-state index contributed by atoms with van der Waals surface area (Å²) in [6.07, 6.45) is 24.7. The number of nitrogens with one attached hydrogen (secondary N) is 1. The predicted octanol–water partition coefficient (Wildman–Crippen LogP) is 6.32. The van der Waals surface area contributed by atoms with Crippen LogP contribution in [0.3, 0.4) is 0 Å². The summed E-state index contributed by atoms with van der Waals surface area (Å²) >= 11 is 0. The van der Waals surface area contributed by atoms with Gasteiger partial charge in [0.15, 0.2) is 0 Å². The normalized spacial score (nSPS) is 46.6. The molecule has 25 heavy (non-hydrogen) atoms. The monoisotopic (exact) mass is 343 g/mol. The van der Waals surface area contributed by atoms with Crippen molar-refractivity contribution < 1.29 is 0 Å². The van der Waals surface area contributed by atoms with E-state index >= 15 is 0 Å². The Labute approximate surface area is 156 Å². The second kappa shape index (κ2) is 7.53. The molecule has 0 radical (unpaired) electrons. The summed E-state index contributed by atoms with van der Waals surface area (Å²) in [5.41, 5.74) is 0. The van der Waals surface area contributed by atoms with E-state index in [1.807, 2.05) is 0 Å². The van der Waals surface area contributed by atoms with E-state index < -0.39 is 0 Å². The van der Waals surface area contributed by atoms with Crippen molar-refractivity contribution in [2.45, 2.75) is 115 Å². The molecule has 6 unspecified atom stereocenters. The molecule has 0 bridgehead atoms. The highest BCUT2D eigenvalue weighted by molar-refractivity contribution is 5.04. The summed E-state index contributed by atoms with van der Waals surface area (Å²) in [5.74, 6) is 6.50. The van der Waals surface area contributed by atoms with Crippen LogP contribution in [0, 0.1) is 35.5 Å². The van der Waals surface area contributed by atoms with Crippen LogP contribution in [-0.2, 0) is 0 Å². The molecule has 0 amide bonds. The molecule has 4 saturated carbocycles. The van der Waals surface area contributed by atoms with E-state index in [1.165, 1.54) is 51.4 Å². The van der Waals surface area contributed by atoms with Crippen molar-refractivity contribution in [3.05, 3.63) is 0 Å². The first-order valence-corrected chi connectivity index (χ1v) is 12.1. The third-order valence-corrected chi connectivity index (χ3v) is 9.49. The Morgan fingerprint density at radius 2 is 0.840 bits per heavy atom. The Hall–Kier alpha value is -0.0400. The molecule has 5 rings (SSSR count). The summed E-state index contributed by atoms with van der Waals surface area (Å²) in [5, 5.41) is 4.14. The van der Waals surface area contributed by atoms with E-state index in [4.69, 9.17) is 0 Å². The van der Waals surface area contributed by atoms with E-state index in [0.717, 1.165) is 47.6 Å². The first-order valence-electron chi connectivity index (χ1n) is 12.1. The van der Waals surface area contributed by atoms with E-state index in [9.17, 15) is 0 Å². The second-order valence-corrected chi connectivity index (χ2v) is 10.6. The van der Waals surface area contributed by atoms with Gasteiger partial charge in [0.25, 0.3) is 0 Å². The summed E-state index contributed by atoms with van der Waals surface area (Å²) in [7, 11) is 0. The molecule has 4 aliphatic carbocycles. The van der Waals surface area contributed by atoms with Crippen molar-refractivity contribution >= 4 is 0 Å². The molecule has 6 atom stereocenters. The van der Waals surface area contributed by atoms with Gasteiger partial charge in [0, 0.05) is 12.1 Å². The van der Waals surface area contributed by atoms with Crippen LogP contribution in [0.4, 0.5) is 0 Å². The fourth-order valence-corrected chi connectivity index (χ4v) is 8.18. The predicted molar refractivity (Wildman–Crippen MR) is 106 cm³/mol. The lowest BCUT2D eigenvalue weighted by molar-refractivity contribution is 0.0955. The highest BCUT2D eigenvalue weighted by Gasteiger charge is 2.49. The highest BCUT2D eigenvalue weighted by atomic mass is 15.0. The van der Waals surface area contributed by atoms with Crippen molar-refractivity contribution in [2.24, 2.45) is 35.5 Å². The number of hydrogen-bond acceptors (Lipinski definition) is 1. The van der Waals surface area contributed by atoms with Crippen molar-refractivity contribution in [3.8, 4) is 0 Å². The van der Waals surface area contributed by atoms with Crippen LogP contribution in [0.15, 0.2) is 0 Å². The van der Waals surface area contributed by atoms with Gasteiger partial charge in [-0.15, -0.1) is 0 Å². The Balaban J connectivity index is 1.24. The Morgan fingerprint density at radius 1 is 0.400 bits per heavy atom. The molecule has 0 aromatic heterocycles. The zero-order valence-electron chi connectivity index (χ0n) is 16.4. The maximum atomic E-state index is 4.14. The first-order chi connectivity index (χ1) is 12.4. The molecule has 1 N–H and O–H groups in total. The lowest BCUT2D eigenvalue weighted by atomic mass is 9.62. The van der Waals surface area contributed by atoms with Crippen LogP contribution < -0.4 is 5.32 Å². The molecule has 1 heteroatoms. The van der Waals surface area contributed by atoms with Gasteiger partial charge in [-0.2, -0.15) is 0 Å². The van der Waals surface area contributed by atoms with Crippen LogP contribution in [-0.4, -0.2) is 12.1 Å². The average Bonchev–Trinajstić information content (AvgIpc) is 3.06. The van der Waals surface area contributed by atoms with Gasteiger partial charge >= 0.3 is 0 Å². The van der Waals surface area contributed by atoms with Crippen molar-refractivity contribution in [1.29, 1.82) is 0 Å². The lowest BCUT2D eigenvalue weighted by Crippen LogP contribution is -2.37. The van der Waals surface area contributed by atoms with Crippen molar-refractivity contribution in [2.75, 3.05) is 0 Å². The van der Waals surface area contributed by atoms with E-state index in [2.05, 4.69) is 5.32 Å². The molecular formula is C24H41N. The van der Waals surface area contributed by atoms with E-state index in [0.29, 0.717) is 0 Å². The minimum Gasteiger partial charge on any atom is -0.311 e. The molecule has 0 aromatic rings. The van der Waals surface area contributed by atoms with Crippen LogP contribution in [0.25, 0.3) is 0 Å². The molecule has 5 fully saturated rings. The third-order valence-electron chi connectivity index (χ3n) is 9.49. The van der Waals surface area contributed by atoms with Gasteiger partial charge in [-0.1, -0.05) is 64.2 Å². The summed E-state index contributed by atoms with van der Waals surface area (Å²) in [6, 6.07) is 1.81. The third kappa shape index (κ3) is 3.44. The van der Waals surface area contributed by atoms with E-state index in [1.54, 1.807) is 51.4 Å². The van der Waals surface area contributed by atoms with Crippen LogP contribution in [0.1, 0.15) is 103 Å². The summed E-state index contributed by atoms with van der Waals surface area (Å²) in [6.45, 7) is 0. The minimum atomic E-state index is 0.903.